The minimum absolute atomic E-state index is 0.0909. The number of Topliss-reactive ketones (excluding diaryl/α,β-unsaturated/α-hetero) is 1. The molecule has 5 saturated carbocycles. The molecule has 0 aromatic heterocycles. The number of hydrogen-bond donors (Lipinski definition) is 0. The van der Waals surface area contributed by atoms with E-state index in [4.69, 9.17) is 4.74 Å². The smallest absolute Gasteiger partial charge is 0.303 e. The van der Waals surface area contributed by atoms with E-state index >= 15 is 0 Å². The van der Waals surface area contributed by atoms with E-state index in [2.05, 4.69) is 48.5 Å². The Kier molecular flexibility index (Phi) is 5.36. The number of fused-ring (bicyclic) bond motifs is 7. The average Bonchev–Trinajstić information content (AvgIpc) is 2.74. The molecule has 5 rings (SSSR count). The van der Waals surface area contributed by atoms with Crippen LogP contribution in [0.1, 0.15) is 126 Å². The first-order chi connectivity index (χ1) is 15.6. The number of hydrogen-bond acceptors (Lipinski definition) is 3. The molecule has 34 heavy (non-hydrogen) atoms. The molecule has 0 aromatic rings. The van der Waals surface area contributed by atoms with Crippen LogP contribution in [0.4, 0.5) is 0 Å². The zero-order valence-corrected chi connectivity index (χ0v) is 23.3. The normalized spacial score (nSPS) is 54.2. The zero-order valence-electron chi connectivity index (χ0n) is 23.3. The molecule has 0 aliphatic heterocycles. The largest absolute Gasteiger partial charge is 0.459 e. The fraction of sp³-hybridized carbons (Fsp3) is 0.935. The lowest BCUT2D eigenvalue weighted by molar-refractivity contribution is -0.277. The minimum Gasteiger partial charge on any atom is -0.459 e. The second kappa shape index (κ2) is 7.34. The highest BCUT2D eigenvalue weighted by atomic mass is 16.6. The van der Waals surface area contributed by atoms with Gasteiger partial charge < -0.3 is 4.74 Å². The third kappa shape index (κ3) is 3.06. The topological polar surface area (TPSA) is 43.4 Å². The van der Waals surface area contributed by atoms with E-state index in [9.17, 15) is 9.59 Å². The van der Waals surface area contributed by atoms with Crippen LogP contribution < -0.4 is 0 Å². The summed E-state index contributed by atoms with van der Waals surface area (Å²) in [5, 5.41) is 0. The highest BCUT2D eigenvalue weighted by molar-refractivity contribution is 5.82. The van der Waals surface area contributed by atoms with E-state index in [1.165, 1.54) is 38.5 Å². The van der Waals surface area contributed by atoms with Gasteiger partial charge in [0.05, 0.1) is 0 Å². The average molecular weight is 471 g/mol. The van der Waals surface area contributed by atoms with E-state index in [1.54, 1.807) is 6.92 Å². The monoisotopic (exact) mass is 470 g/mol. The zero-order chi connectivity index (χ0) is 24.9. The van der Waals surface area contributed by atoms with Crippen molar-refractivity contribution in [1.82, 2.24) is 0 Å². The van der Waals surface area contributed by atoms with E-state index in [0.717, 1.165) is 32.1 Å². The van der Waals surface area contributed by atoms with Crippen molar-refractivity contribution < 1.29 is 14.3 Å². The minimum atomic E-state index is -0.266. The highest BCUT2D eigenvalue weighted by Crippen LogP contribution is 2.77. The molecule has 9 atom stereocenters. The van der Waals surface area contributed by atoms with Crippen molar-refractivity contribution in [3.8, 4) is 0 Å². The second-order valence-corrected chi connectivity index (χ2v) is 15.3. The summed E-state index contributed by atoms with van der Waals surface area (Å²) in [6.45, 7) is 19.0. The highest BCUT2D eigenvalue weighted by Gasteiger charge is 2.72. The molecule has 0 saturated heterocycles. The van der Waals surface area contributed by atoms with Gasteiger partial charge in [0.1, 0.15) is 11.4 Å². The summed E-state index contributed by atoms with van der Waals surface area (Å²) in [7, 11) is 0. The van der Waals surface area contributed by atoms with Crippen molar-refractivity contribution in [2.24, 2.45) is 50.7 Å². The van der Waals surface area contributed by atoms with Gasteiger partial charge in [-0.25, -0.2) is 0 Å². The summed E-state index contributed by atoms with van der Waals surface area (Å²) >= 11 is 0. The molecule has 0 N–H and O–H groups in total. The molecule has 0 spiro atoms. The number of esters is 1. The Morgan fingerprint density at radius 2 is 1.38 bits per heavy atom. The van der Waals surface area contributed by atoms with Crippen LogP contribution in [0.25, 0.3) is 0 Å². The van der Waals surface area contributed by atoms with Crippen LogP contribution in [-0.2, 0) is 14.3 Å². The van der Waals surface area contributed by atoms with Crippen LogP contribution in [0.5, 0.6) is 0 Å². The van der Waals surface area contributed by atoms with Crippen LogP contribution in [-0.4, -0.2) is 17.4 Å². The summed E-state index contributed by atoms with van der Waals surface area (Å²) in [6, 6.07) is 0. The van der Waals surface area contributed by atoms with Gasteiger partial charge >= 0.3 is 5.97 Å². The van der Waals surface area contributed by atoms with Crippen molar-refractivity contribution in [2.45, 2.75) is 132 Å². The molecule has 3 nitrogen and oxygen atoms in total. The molecular formula is C31H50O3. The third-order valence-electron chi connectivity index (χ3n) is 13.6. The maximum absolute atomic E-state index is 12.8. The lowest BCUT2D eigenvalue weighted by atomic mass is 9.31. The summed E-state index contributed by atoms with van der Waals surface area (Å²) in [6.07, 6.45) is 12.4. The number of carbonyl (C=O) groups excluding carboxylic acids is 2. The first-order valence-electron chi connectivity index (χ1n) is 14.4. The van der Waals surface area contributed by atoms with Crippen molar-refractivity contribution >= 4 is 11.8 Å². The Labute approximate surface area is 208 Å². The fourth-order valence-electron chi connectivity index (χ4n) is 11.2. The first kappa shape index (κ1) is 24.8. The number of ketones is 1. The Bertz CT molecular complexity index is 891. The number of ether oxygens (including phenoxy) is 1. The molecule has 0 unspecified atom stereocenters. The molecule has 5 aliphatic carbocycles. The van der Waals surface area contributed by atoms with Gasteiger partial charge in [-0.2, -0.15) is 0 Å². The SMILES string of the molecule is CC(=O)O[C@]12CCC(C)(C)C[C@@H]1[C@]1(C)CC[C@@]3(C)[C@H]4CCC(=O)[C@H](C)[C@@]4(C)CC[C@H]3[C@@]1(C)CC2. The number of rotatable bonds is 1. The van der Waals surface area contributed by atoms with Crippen molar-refractivity contribution in [2.75, 3.05) is 0 Å². The Morgan fingerprint density at radius 1 is 0.765 bits per heavy atom. The van der Waals surface area contributed by atoms with Gasteiger partial charge in [0.15, 0.2) is 0 Å². The lowest BCUT2D eigenvalue weighted by Gasteiger charge is -2.74. The van der Waals surface area contributed by atoms with Crippen LogP contribution in [0.2, 0.25) is 0 Å². The van der Waals surface area contributed by atoms with Crippen molar-refractivity contribution in [1.29, 1.82) is 0 Å². The maximum atomic E-state index is 12.8. The van der Waals surface area contributed by atoms with E-state index < -0.39 is 0 Å². The summed E-state index contributed by atoms with van der Waals surface area (Å²) in [4.78, 5) is 25.1. The molecule has 5 fully saturated rings. The second-order valence-electron chi connectivity index (χ2n) is 15.3. The lowest BCUT2D eigenvalue weighted by Crippen LogP contribution is -2.70. The van der Waals surface area contributed by atoms with Gasteiger partial charge in [0.2, 0.25) is 0 Å². The summed E-state index contributed by atoms with van der Waals surface area (Å²) < 4.78 is 6.35. The van der Waals surface area contributed by atoms with Crippen LogP contribution >= 0.6 is 0 Å². The molecule has 5 aliphatic rings. The third-order valence-corrected chi connectivity index (χ3v) is 13.6. The predicted octanol–water partition coefficient (Wildman–Crippen LogP) is 7.75. The van der Waals surface area contributed by atoms with Gasteiger partial charge in [-0.05, 0) is 103 Å². The molecule has 0 aromatic carbocycles. The van der Waals surface area contributed by atoms with E-state index in [0.29, 0.717) is 34.4 Å². The van der Waals surface area contributed by atoms with E-state index in [-0.39, 0.29) is 33.7 Å². The molecule has 0 amide bonds. The molecule has 192 valence electrons. The summed E-state index contributed by atoms with van der Waals surface area (Å²) in [5.74, 6) is 2.39. The molecule has 3 heteroatoms. The molecule has 0 heterocycles. The van der Waals surface area contributed by atoms with Gasteiger partial charge in [0.25, 0.3) is 0 Å². The van der Waals surface area contributed by atoms with Crippen LogP contribution in [0.15, 0.2) is 0 Å². The van der Waals surface area contributed by atoms with Crippen LogP contribution in [0, 0.1) is 50.7 Å². The van der Waals surface area contributed by atoms with Crippen molar-refractivity contribution in [3.05, 3.63) is 0 Å². The molecule has 0 radical (unpaired) electrons. The van der Waals surface area contributed by atoms with E-state index in [1.807, 2.05) is 0 Å². The number of carbonyl (C=O) groups is 2. The fourth-order valence-corrected chi connectivity index (χ4v) is 11.2. The Morgan fingerprint density at radius 3 is 2.06 bits per heavy atom. The van der Waals surface area contributed by atoms with Gasteiger partial charge in [-0.3, -0.25) is 9.59 Å². The van der Waals surface area contributed by atoms with Crippen molar-refractivity contribution in [3.63, 3.8) is 0 Å². The predicted molar refractivity (Wildman–Crippen MR) is 136 cm³/mol. The first-order valence-corrected chi connectivity index (χ1v) is 14.4. The maximum Gasteiger partial charge on any atom is 0.303 e. The quantitative estimate of drug-likeness (QED) is 0.368. The Balaban J connectivity index is 1.56. The Hall–Kier alpha value is -0.860. The molecular weight excluding hydrogens is 420 g/mol. The summed E-state index contributed by atoms with van der Waals surface area (Å²) in [5.41, 5.74) is 0.953. The van der Waals surface area contributed by atoms with Gasteiger partial charge in [0, 0.05) is 25.2 Å². The van der Waals surface area contributed by atoms with Gasteiger partial charge in [-0.1, -0.05) is 48.5 Å². The standard InChI is InChI=1S/C31H50O3/c1-20-22(33)9-10-23-27(20,5)12-11-24-28(23,6)14-15-30(8)25-19-26(3,4)13-17-31(25,34-21(2)32)18-16-29(24,30)7/h20,23-25H,9-19H2,1-8H3/t20-,23-,24+,25+,27+,28-,29+,30-,31-/m0/s1. The van der Waals surface area contributed by atoms with Gasteiger partial charge in [-0.15, -0.1) is 0 Å². The van der Waals surface area contributed by atoms with Crippen LogP contribution in [0.3, 0.4) is 0 Å². The molecule has 0 bridgehead atoms.